The third kappa shape index (κ3) is 16.0. The molecule has 7 rings (SSSR count). The summed E-state index contributed by atoms with van der Waals surface area (Å²) in [5.74, 6) is -3.02. The molecule has 404 valence electrons. The standard InChI is InChI=1S/C30H38O8.C30H36O7/c1-19(20(2)31)14-15-24(32)28-25(37-30(3,4)38-28)13-9-12-22-16-23(21-10-7-6-8-11-21)17-26(36-18-35-5)27(22)29(33)34;1-19-14-15-24(31)28-25(36-30(3,4)37-28)13-9-12-22-16-23(21-10-7-6-8-11-21)17-26(34-18-33-5)27(22)29(32)35-20(19)2/h6-12,14-17,19-20,24-25,28,31-32H,13,18H2,1-5H3,(H,33,34);6-12,14-17,19-20,24-25,28,31H,13,18H2,1-5H3/b2*12-9+,15-14-/t2*19-,20+,24?,25+,28-/m11/s1. The lowest BCUT2D eigenvalue weighted by atomic mass is 9.96. The van der Waals surface area contributed by atoms with E-state index in [1.54, 1.807) is 57.2 Å². The van der Waals surface area contributed by atoms with E-state index in [0.29, 0.717) is 35.3 Å². The van der Waals surface area contributed by atoms with Gasteiger partial charge in [-0.05, 0) is 118 Å². The predicted molar refractivity (Wildman–Crippen MR) is 286 cm³/mol. The van der Waals surface area contributed by atoms with Crippen molar-refractivity contribution in [3.05, 3.63) is 144 Å². The van der Waals surface area contributed by atoms with E-state index in [2.05, 4.69) is 0 Å². The quantitative estimate of drug-likeness (QED) is 0.0469. The van der Waals surface area contributed by atoms with Crippen LogP contribution in [0.4, 0.5) is 0 Å². The number of aliphatic hydroxyl groups is 3. The van der Waals surface area contributed by atoms with Gasteiger partial charge < -0.3 is 63.1 Å². The highest BCUT2D eigenvalue weighted by Crippen LogP contribution is 2.38. The summed E-state index contributed by atoms with van der Waals surface area (Å²) in [5, 5.41) is 41.4. The largest absolute Gasteiger partial charge is 0.478 e. The molecule has 3 aliphatic rings. The van der Waals surface area contributed by atoms with Crippen molar-refractivity contribution in [2.24, 2.45) is 11.8 Å². The van der Waals surface area contributed by atoms with Crippen LogP contribution in [0.2, 0.25) is 0 Å². The van der Waals surface area contributed by atoms with E-state index in [-0.39, 0.29) is 42.8 Å². The van der Waals surface area contributed by atoms with Crippen LogP contribution in [0.15, 0.2) is 121 Å². The molecular formula is C60H74O15. The van der Waals surface area contributed by atoms with Gasteiger partial charge in [-0.3, -0.25) is 0 Å². The minimum absolute atomic E-state index is 0.0156. The fourth-order valence-corrected chi connectivity index (χ4v) is 8.83. The van der Waals surface area contributed by atoms with Crippen molar-refractivity contribution in [2.45, 2.75) is 129 Å². The average Bonchev–Trinajstić information content (AvgIpc) is 3.88. The number of benzene rings is 4. The van der Waals surface area contributed by atoms with E-state index >= 15 is 0 Å². The summed E-state index contributed by atoms with van der Waals surface area (Å²) >= 11 is 0. The van der Waals surface area contributed by atoms with Gasteiger partial charge in [0.25, 0.3) is 0 Å². The van der Waals surface area contributed by atoms with Gasteiger partial charge in [-0.15, -0.1) is 0 Å². The number of aromatic carboxylic acids is 1. The zero-order valence-corrected chi connectivity index (χ0v) is 44.6. The van der Waals surface area contributed by atoms with Gasteiger partial charge in [0.1, 0.15) is 53.1 Å². The lowest BCUT2D eigenvalue weighted by Crippen LogP contribution is -2.34. The molecule has 2 saturated heterocycles. The maximum absolute atomic E-state index is 13.5. The summed E-state index contributed by atoms with van der Waals surface area (Å²) in [6, 6.07) is 26.8. The second-order valence-corrected chi connectivity index (χ2v) is 19.9. The summed E-state index contributed by atoms with van der Waals surface area (Å²) in [6.45, 7) is 14.4. The molecule has 0 saturated carbocycles. The first-order valence-corrected chi connectivity index (χ1v) is 25.3. The van der Waals surface area contributed by atoms with E-state index in [4.69, 9.17) is 42.6 Å². The molecule has 0 bridgehead atoms. The number of fused-ring (bicyclic) bond motifs is 2. The highest BCUT2D eigenvalue weighted by atomic mass is 16.8. The topological polar surface area (TPSA) is 198 Å². The number of aliphatic hydroxyl groups excluding tert-OH is 3. The molecule has 0 aliphatic carbocycles. The molecule has 3 heterocycles. The average molecular weight is 1040 g/mol. The normalized spacial score (nSPS) is 25.4. The number of carbonyl (C=O) groups excluding carboxylic acids is 1. The number of cyclic esters (lactones) is 1. The third-order valence-corrected chi connectivity index (χ3v) is 13.0. The molecule has 3 aliphatic heterocycles. The highest BCUT2D eigenvalue weighted by molar-refractivity contribution is 5.98. The first kappa shape index (κ1) is 58.3. The van der Waals surface area contributed by atoms with Crippen LogP contribution < -0.4 is 9.47 Å². The van der Waals surface area contributed by atoms with Crippen molar-refractivity contribution in [2.75, 3.05) is 27.8 Å². The Morgan fingerprint density at radius 3 is 1.99 bits per heavy atom. The molecule has 0 spiro atoms. The van der Waals surface area contributed by atoms with Crippen molar-refractivity contribution in [3.8, 4) is 33.8 Å². The zero-order chi connectivity index (χ0) is 54.5. The van der Waals surface area contributed by atoms with Crippen molar-refractivity contribution in [3.63, 3.8) is 0 Å². The van der Waals surface area contributed by atoms with E-state index < -0.39 is 66.2 Å². The number of carboxylic acids is 1. The van der Waals surface area contributed by atoms with Crippen LogP contribution in [0.1, 0.15) is 100 Å². The van der Waals surface area contributed by atoms with Gasteiger partial charge >= 0.3 is 11.9 Å². The molecule has 15 nitrogen and oxygen atoms in total. The Morgan fingerprint density at radius 2 is 1.37 bits per heavy atom. The maximum Gasteiger partial charge on any atom is 0.342 e. The minimum Gasteiger partial charge on any atom is -0.478 e. The number of hydrogen-bond donors (Lipinski definition) is 4. The van der Waals surface area contributed by atoms with Gasteiger partial charge in [-0.1, -0.05) is 123 Å². The molecule has 0 aromatic heterocycles. The summed E-state index contributed by atoms with van der Waals surface area (Å²) in [6.07, 6.45) is 10.3. The maximum atomic E-state index is 13.5. The van der Waals surface area contributed by atoms with Gasteiger partial charge in [0.05, 0.1) is 18.3 Å². The van der Waals surface area contributed by atoms with Crippen molar-refractivity contribution >= 4 is 24.1 Å². The van der Waals surface area contributed by atoms with Crippen LogP contribution in [0, 0.1) is 11.8 Å². The number of rotatable bonds is 16. The van der Waals surface area contributed by atoms with Crippen LogP contribution in [-0.2, 0) is 33.2 Å². The number of esters is 1. The highest BCUT2D eigenvalue weighted by Gasteiger charge is 2.45. The lowest BCUT2D eigenvalue weighted by molar-refractivity contribution is -0.152. The lowest BCUT2D eigenvalue weighted by Gasteiger charge is -2.23. The van der Waals surface area contributed by atoms with E-state index in [1.807, 2.05) is 132 Å². The SMILES string of the molecule is COCOc1cc(-c2ccccc2)cc(/C=C/C[C@@H]2OC(C)(C)O[C@@H]2C(O)/C=C\[C@@H](C)[C@H](C)O)c1C(=O)O.COCOc1cc(-c2ccccc2)cc2c1C(=O)O[C@@H](C)[C@H](C)/C=C\C(O)[C@H]1OC(C)(C)O[C@H]1C/C=C/2. The smallest absolute Gasteiger partial charge is 0.342 e. The van der Waals surface area contributed by atoms with Crippen LogP contribution in [0.25, 0.3) is 34.4 Å². The van der Waals surface area contributed by atoms with Crippen molar-refractivity contribution in [1.29, 1.82) is 0 Å². The second-order valence-electron chi connectivity index (χ2n) is 19.9. The van der Waals surface area contributed by atoms with Gasteiger partial charge in [-0.2, -0.15) is 0 Å². The fraction of sp³-hybridized carbons (Fsp3) is 0.433. The van der Waals surface area contributed by atoms with Crippen molar-refractivity contribution in [1.82, 2.24) is 0 Å². The zero-order valence-electron chi connectivity index (χ0n) is 44.6. The monoisotopic (exact) mass is 1030 g/mol. The predicted octanol–water partition coefficient (Wildman–Crippen LogP) is 10.3. The Balaban J connectivity index is 0.000000244. The van der Waals surface area contributed by atoms with Crippen LogP contribution in [0.3, 0.4) is 0 Å². The molecule has 15 heteroatoms. The molecule has 2 fully saturated rings. The third-order valence-electron chi connectivity index (χ3n) is 13.0. The fourth-order valence-electron chi connectivity index (χ4n) is 8.83. The summed E-state index contributed by atoms with van der Waals surface area (Å²) in [4.78, 5) is 25.7. The Labute approximate surface area is 440 Å². The van der Waals surface area contributed by atoms with E-state index in [1.165, 1.54) is 14.2 Å². The molecule has 0 amide bonds. The molecule has 0 radical (unpaired) electrons. The van der Waals surface area contributed by atoms with Gasteiger partial charge in [0.2, 0.25) is 0 Å². The molecule has 10 atom stereocenters. The first-order chi connectivity index (χ1) is 35.7. The van der Waals surface area contributed by atoms with Crippen LogP contribution in [0.5, 0.6) is 11.5 Å². The van der Waals surface area contributed by atoms with E-state index in [9.17, 15) is 30.0 Å². The summed E-state index contributed by atoms with van der Waals surface area (Å²) in [7, 11) is 3.00. The molecule has 4 aromatic rings. The number of ether oxygens (including phenoxy) is 9. The number of methoxy groups -OCH3 is 2. The number of carboxylic acid groups (broad SMARTS) is 1. The van der Waals surface area contributed by atoms with E-state index in [0.717, 1.165) is 22.3 Å². The van der Waals surface area contributed by atoms with Gasteiger partial charge in [0, 0.05) is 20.1 Å². The summed E-state index contributed by atoms with van der Waals surface area (Å²) in [5.41, 5.74) is 5.06. The molecule has 4 aromatic carbocycles. The van der Waals surface area contributed by atoms with Crippen molar-refractivity contribution < 1.29 is 72.6 Å². The Hall–Kier alpha value is -5.98. The molecule has 4 N–H and O–H groups in total. The Morgan fingerprint density at radius 1 is 0.773 bits per heavy atom. The Kier molecular flexibility index (Phi) is 20.7. The number of carbonyl (C=O) groups is 2. The first-order valence-electron chi connectivity index (χ1n) is 25.3. The van der Waals surface area contributed by atoms with Gasteiger partial charge in [0.15, 0.2) is 25.2 Å². The second kappa shape index (κ2) is 26.7. The number of hydrogen-bond acceptors (Lipinski definition) is 14. The van der Waals surface area contributed by atoms with Gasteiger partial charge in [-0.25, -0.2) is 9.59 Å². The molecule has 2 unspecified atom stereocenters. The summed E-state index contributed by atoms with van der Waals surface area (Å²) < 4.78 is 51.7. The molecular weight excluding hydrogens is 961 g/mol. The minimum atomic E-state index is -1.12. The van der Waals surface area contributed by atoms with Crippen LogP contribution in [-0.4, -0.2) is 121 Å². The Bertz CT molecular complexity index is 2620. The van der Waals surface area contributed by atoms with Crippen LogP contribution >= 0.6 is 0 Å². The molecule has 75 heavy (non-hydrogen) atoms.